The van der Waals surface area contributed by atoms with E-state index in [1.807, 2.05) is 26.0 Å². The van der Waals surface area contributed by atoms with Gasteiger partial charge in [0, 0.05) is 5.56 Å². The molecule has 196 valence electrons. The van der Waals surface area contributed by atoms with E-state index in [1.54, 1.807) is 0 Å². The van der Waals surface area contributed by atoms with Crippen LogP contribution < -0.4 is 14.8 Å². The summed E-state index contributed by atoms with van der Waals surface area (Å²) in [5.41, 5.74) is 3.04. The number of hydrogen-bond donors (Lipinski definition) is 1. The molecule has 3 aromatic rings. The summed E-state index contributed by atoms with van der Waals surface area (Å²) in [5, 5.41) is 5.19. The fraction of sp³-hybridized carbons (Fsp3) is 0.469. The fourth-order valence-electron chi connectivity index (χ4n) is 5.82. The Kier molecular flexibility index (Phi) is 6.82. The highest BCUT2D eigenvalue weighted by molar-refractivity contribution is 6.00. The van der Waals surface area contributed by atoms with Gasteiger partial charge in [0.05, 0.1) is 18.2 Å². The van der Waals surface area contributed by atoms with Gasteiger partial charge in [-0.2, -0.15) is 0 Å². The van der Waals surface area contributed by atoms with Crippen molar-refractivity contribution in [2.75, 3.05) is 13.2 Å². The lowest BCUT2D eigenvalue weighted by atomic mass is 9.72. The van der Waals surface area contributed by atoms with E-state index < -0.39 is 5.54 Å². The zero-order valence-electron chi connectivity index (χ0n) is 22.7. The van der Waals surface area contributed by atoms with E-state index in [9.17, 15) is 4.79 Å². The minimum Gasteiger partial charge on any atom is -0.494 e. The molecule has 2 fully saturated rings. The number of benzene rings is 3. The van der Waals surface area contributed by atoms with Crippen LogP contribution in [-0.2, 0) is 10.3 Å². The highest BCUT2D eigenvalue weighted by Gasteiger charge is 2.37. The van der Waals surface area contributed by atoms with Crippen molar-refractivity contribution in [1.82, 2.24) is 5.32 Å². The molecule has 3 aromatic carbocycles. The lowest BCUT2D eigenvalue weighted by molar-refractivity contribution is 0.0886. The molecule has 1 heterocycles. The summed E-state index contributed by atoms with van der Waals surface area (Å²) in [6.45, 7) is 12.0. The first-order valence-corrected chi connectivity index (χ1v) is 13.6. The Morgan fingerprint density at radius 1 is 1.00 bits per heavy atom. The molecule has 0 unspecified atom stereocenters. The third-order valence-electron chi connectivity index (χ3n) is 8.14. The Labute approximate surface area is 220 Å². The minimum atomic E-state index is -0.536. The number of alkyl carbamates (subject to hydrolysis) is 1. The third-order valence-corrected chi connectivity index (χ3v) is 8.14. The fourth-order valence-corrected chi connectivity index (χ4v) is 5.82. The van der Waals surface area contributed by atoms with Crippen LogP contribution in [0, 0.1) is 11.3 Å². The van der Waals surface area contributed by atoms with Gasteiger partial charge in [0.1, 0.15) is 18.1 Å². The van der Waals surface area contributed by atoms with Crippen molar-refractivity contribution >= 4 is 16.9 Å². The van der Waals surface area contributed by atoms with Crippen molar-refractivity contribution in [3.05, 3.63) is 60.2 Å². The average molecular weight is 502 g/mol. The number of rotatable bonds is 6. The Hall–Kier alpha value is -3.21. The molecule has 1 N–H and O–H groups in total. The summed E-state index contributed by atoms with van der Waals surface area (Å²) >= 11 is 0. The minimum absolute atomic E-state index is 0.224. The van der Waals surface area contributed by atoms with Crippen LogP contribution in [0.15, 0.2) is 54.6 Å². The maximum atomic E-state index is 11.8. The molecular weight excluding hydrogens is 462 g/mol. The summed E-state index contributed by atoms with van der Waals surface area (Å²) in [6.07, 6.45) is 4.43. The number of nitrogens with one attached hydrogen (secondary N) is 1. The molecule has 5 nitrogen and oxygen atoms in total. The van der Waals surface area contributed by atoms with E-state index >= 15 is 0 Å². The first-order chi connectivity index (χ1) is 17.7. The van der Waals surface area contributed by atoms with E-state index in [4.69, 9.17) is 14.2 Å². The van der Waals surface area contributed by atoms with Gasteiger partial charge in [-0.05, 0) is 97.0 Å². The van der Waals surface area contributed by atoms with Gasteiger partial charge < -0.3 is 19.5 Å². The number of ether oxygens (including phenoxy) is 3. The second kappa shape index (κ2) is 9.92. The van der Waals surface area contributed by atoms with Crippen LogP contribution in [0.2, 0.25) is 0 Å². The summed E-state index contributed by atoms with van der Waals surface area (Å²) < 4.78 is 17.6. The van der Waals surface area contributed by atoms with Crippen LogP contribution in [0.4, 0.5) is 4.79 Å². The number of carbonyl (C=O) groups is 1. The summed E-state index contributed by atoms with van der Waals surface area (Å²) in [6, 6.07) is 18.9. The maximum absolute atomic E-state index is 11.8. The monoisotopic (exact) mass is 501 g/mol. The molecule has 5 rings (SSSR count). The summed E-state index contributed by atoms with van der Waals surface area (Å²) in [7, 11) is 0. The lowest BCUT2D eigenvalue weighted by Gasteiger charge is -2.37. The topological polar surface area (TPSA) is 56.8 Å². The molecule has 0 radical (unpaired) electrons. The quantitative estimate of drug-likeness (QED) is 0.374. The molecule has 1 saturated heterocycles. The highest BCUT2D eigenvalue weighted by Crippen LogP contribution is 2.43. The van der Waals surface area contributed by atoms with Crippen LogP contribution in [-0.4, -0.2) is 25.4 Å². The van der Waals surface area contributed by atoms with Crippen LogP contribution in [0.1, 0.15) is 65.9 Å². The molecule has 37 heavy (non-hydrogen) atoms. The van der Waals surface area contributed by atoms with Crippen molar-refractivity contribution in [2.45, 2.75) is 71.9 Å². The van der Waals surface area contributed by atoms with Crippen LogP contribution in [0.5, 0.6) is 11.5 Å². The van der Waals surface area contributed by atoms with Gasteiger partial charge in [-0.25, -0.2) is 4.79 Å². The number of carbonyl (C=O) groups excluding carboxylic acids is 1. The molecule has 1 aliphatic heterocycles. The second-order valence-corrected chi connectivity index (χ2v) is 11.8. The normalized spacial score (nSPS) is 24.0. The third kappa shape index (κ3) is 5.27. The van der Waals surface area contributed by atoms with Crippen molar-refractivity contribution in [1.29, 1.82) is 0 Å². The largest absolute Gasteiger partial charge is 0.494 e. The molecule has 1 saturated carbocycles. The Morgan fingerprint density at radius 3 is 2.35 bits per heavy atom. The molecule has 1 aliphatic carbocycles. The molecule has 2 aliphatic rings. The Balaban J connectivity index is 1.51. The summed E-state index contributed by atoms with van der Waals surface area (Å²) in [5.74, 6) is 2.53. The Bertz CT molecular complexity index is 1270. The summed E-state index contributed by atoms with van der Waals surface area (Å²) in [4.78, 5) is 11.8. The average Bonchev–Trinajstić information content (AvgIpc) is 3.23. The first kappa shape index (κ1) is 25.4. The van der Waals surface area contributed by atoms with Gasteiger partial charge in [0.2, 0.25) is 0 Å². The van der Waals surface area contributed by atoms with Gasteiger partial charge in [-0.15, -0.1) is 0 Å². The zero-order valence-corrected chi connectivity index (χ0v) is 22.7. The van der Waals surface area contributed by atoms with Crippen LogP contribution in [0.3, 0.4) is 0 Å². The van der Waals surface area contributed by atoms with Crippen molar-refractivity contribution in [3.63, 3.8) is 0 Å². The van der Waals surface area contributed by atoms with Gasteiger partial charge >= 0.3 is 6.09 Å². The highest BCUT2D eigenvalue weighted by atomic mass is 16.6. The predicted molar refractivity (Wildman–Crippen MR) is 148 cm³/mol. The molecule has 0 bridgehead atoms. The second-order valence-electron chi connectivity index (χ2n) is 11.8. The van der Waals surface area contributed by atoms with Gasteiger partial charge in [-0.1, -0.05) is 51.1 Å². The van der Waals surface area contributed by atoms with E-state index in [0.717, 1.165) is 57.7 Å². The van der Waals surface area contributed by atoms with Crippen molar-refractivity contribution in [2.24, 2.45) is 11.3 Å². The van der Waals surface area contributed by atoms with E-state index in [1.165, 1.54) is 12.8 Å². The first-order valence-electron chi connectivity index (χ1n) is 13.6. The number of amides is 1. The maximum Gasteiger partial charge on any atom is 0.408 e. The predicted octanol–water partition coefficient (Wildman–Crippen LogP) is 7.84. The Morgan fingerprint density at radius 2 is 1.73 bits per heavy atom. The van der Waals surface area contributed by atoms with Crippen LogP contribution >= 0.6 is 0 Å². The molecule has 0 spiro atoms. The van der Waals surface area contributed by atoms with Crippen molar-refractivity contribution < 1.29 is 19.0 Å². The smallest absolute Gasteiger partial charge is 0.408 e. The zero-order chi connectivity index (χ0) is 26.2. The molecule has 1 atom stereocenters. The standard InChI is InChI=1S/C32H39NO4/c1-6-35-25-13-7-21(8-14-25)29-27-17-12-24(32(5)20-36-30(34)33-32)19-22(27)9-18-28(29)37-26-15-10-23(11-16-26)31(2,3)4/h7-9,12-14,17-19,23,26H,6,10-11,15-16,20H2,1-5H3,(H,33,34)/t23?,26?,32-/m0/s1. The molecular formula is C32H39NO4. The van der Waals surface area contributed by atoms with E-state index in [2.05, 4.69) is 68.6 Å². The van der Waals surface area contributed by atoms with Gasteiger partial charge in [0.15, 0.2) is 0 Å². The SMILES string of the molecule is CCOc1ccc(-c2c(OC3CCC(C(C)(C)C)CC3)ccc3cc([C@]4(C)COC(=O)N4)ccc23)cc1. The number of cyclic esters (lactones) is 1. The van der Waals surface area contributed by atoms with Crippen LogP contribution in [0.25, 0.3) is 21.9 Å². The number of hydrogen-bond acceptors (Lipinski definition) is 4. The van der Waals surface area contributed by atoms with E-state index in [0.29, 0.717) is 18.6 Å². The lowest BCUT2D eigenvalue weighted by Crippen LogP contribution is -2.37. The van der Waals surface area contributed by atoms with Gasteiger partial charge in [-0.3, -0.25) is 0 Å². The van der Waals surface area contributed by atoms with Gasteiger partial charge in [0.25, 0.3) is 0 Å². The molecule has 1 amide bonds. The molecule has 5 heteroatoms. The van der Waals surface area contributed by atoms with E-state index in [-0.39, 0.29) is 12.2 Å². The van der Waals surface area contributed by atoms with Crippen molar-refractivity contribution in [3.8, 4) is 22.6 Å². The number of fused-ring (bicyclic) bond motifs is 1. The molecule has 0 aromatic heterocycles.